The van der Waals surface area contributed by atoms with Gasteiger partial charge in [-0.2, -0.15) is 0 Å². The highest BCUT2D eigenvalue weighted by molar-refractivity contribution is 7.26. The van der Waals surface area contributed by atoms with Gasteiger partial charge in [0, 0.05) is 80.7 Å². The van der Waals surface area contributed by atoms with Crippen LogP contribution in [0.5, 0.6) is 0 Å². The molecule has 12 heteroatoms. The van der Waals surface area contributed by atoms with E-state index < -0.39 is 0 Å². The van der Waals surface area contributed by atoms with Crippen molar-refractivity contribution in [3.63, 3.8) is 0 Å². The highest BCUT2D eigenvalue weighted by Gasteiger charge is 2.25. The summed E-state index contributed by atoms with van der Waals surface area (Å²) < 4.78 is 13.7. The zero-order valence-electron chi connectivity index (χ0n) is 44.4. The smallest absolute Gasteiger partial charge is 0.235 e. The summed E-state index contributed by atoms with van der Waals surface area (Å²) in [6.45, 7) is 0. The largest absolute Gasteiger partial charge is 0.309 e. The first-order valence-electron chi connectivity index (χ1n) is 27.9. The van der Waals surface area contributed by atoms with Gasteiger partial charge in [-0.1, -0.05) is 140 Å². The lowest BCUT2D eigenvalue weighted by atomic mass is 10.0. The summed E-state index contributed by atoms with van der Waals surface area (Å²) in [4.78, 5) is 30.2. The number of nitrogens with zero attached hydrogens (tertiary/aromatic N) is 10. The highest BCUT2D eigenvalue weighted by Crippen LogP contribution is 2.46. The van der Waals surface area contributed by atoms with Crippen molar-refractivity contribution in [1.29, 1.82) is 0 Å². The van der Waals surface area contributed by atoms with Gasteiger partial charge < -0.3 is 4.57 Å². The van der Waals surface area contributed by atoms with Gasteiger partial charge in [0.2, 0.25) is 5.95 Å². The lowest BCUT2D eigenvalue weighted by molar-refractivity contribution is 0.992. The van der Waals surface area contributed by atoms with Crippen LogP contribution in [-0.4, -0.2) is 48.2 Å². The Morgan fingerprint density at radius 1 is 0.310 bits per heavy atom. The van der Waals surface area contributed by atoms with Crippen LogP contribution in [-0.2, 0) is 0 Å². The Hall–Kier alpha value is -10.9. The molecule has 0 fully saturated rings. The van der Waals surface area contributed by atoms with E-state index in [0.717, 1.165) is 141 Å². The fraction of sp³-hybridized carbons (Fsp3) is 0. The van der Waals surface area contributed by atoms with Crippen LogP contribution in [0.2, 0.25) is 0 Å². The molecule has 390 valence electrons. The first-order valence-corrected chi connectivity index (χ1v) is 29.5. The van der Waals surface area contributed by atoms with Gasteiger partial charge in [-0.25, -0.2) is 29.9 Å². The SMILES string of the molecule is c1ccc(-n2c3ccccc3c3c2ccc2c4ccccc4n(-c4ncnc5c4sc4cc(-c6ccc7c(c6)c6ccccc6n7-c6nccc(-c7ccc8c(c7)c7ccccc7n8-c7ncnc8c7sc7ccccc78)n6)ccc45)c23)cc1. The van der Waals surface area contributed by atoms with Crippen molar-refractivity contribution in [2.45, 2.75) is 0 Å². The number of benzene rings is 10. The number of thiophene rings is 2. The van der Waals surface area contributed by atoms with Crippen molar-refractivity contribution in [3.05, 3.63) is 243 Å². The molecule has 0 spiro atoms. The fourth-order valence-electron chi connectivity index (χ4n) is 13.5. The molecule has 0 saturated heterocycles. The Bertz CT molecular complexity index is 6020. The summed E-state index contributed by atoms with van der Waals surface area (Å²) in [5.74, 6) is 2.36. The predicted molar refractivity (Wildman–Crippen MR) is 347 cm³/mol. The zero-order chi connectivity index (χ0) is 54.7. The first kappa shape index (κ1) is 45.8. The normalized spacial score (nSPS) is 12.3. The average Bonchev–Trinajstić information content (AvgIpc) is 1.92. The van der Waals surface area contributed by atoms with Crippen LogP contribution in [0.15, 0.2) is 243 Å². The van der Waals surface area contributed by atoms with Gasteiger partial charge in [-0.05, 0) is 96.1 Å². The van der Waals surface area contributed by atoms with Crippen LogP contribution in [0.1, 0.15) is 0 Å². The molecule has 9 aromatic heterocycles. The second-order valence-electron chi connectivity index (χ2n) is 21.5. The minimum Gasteiger partial charge on any atom is -0.309 e. The highest BCUT2D eigenvalue weighted by atomic mass is 32.1. The van der Waals surface area contributed by atoms with Crippen LogP contribution in [0.25, 0.3) is 173 Å². The molecule has 10 aromatic carbocycles. The van der Waals surface area contributed by atoms with Gasteiger partial charge in [0.25, 0.3) is 0 Å². The van der Waals surface area contributed by atoms with Gasteiger partial charge >= 0.3 is 0 Å². The molecule has 84 heavy (non-hydrogen) atoms. The molecule has 19 rings (SSSR count). The van der Waals surface area contributed by atoms with E-state index in [1.165, 1.54) is 26.2 Å². The summed E-state index contributed by atoms with van der Waals surface area (Å²) in [5, 5.41) is 11.5. The number of hydrogen-bond donors (Lipinski definition) is 0. The average molecular weight is 1110 g/mol. The van der Waals surface area contributed by atoms with Crippen LogP contribution in [0.3, 0.4) is 0 Å². The van der Waals surface area contributed by atoms with E-state index in [0.29, 0.717) is 5.95 Å². The van der Waals surface area contributed by atoms with Gasteiger partial charge in [-0.15, -0.1) is 22.7 Å². The van der Waals surface area contributed by atoms with Gasteiger partial charge in [-0.3, -0.25) is 13.7 Å². The Balaban J connectivity index is 0.725. The van der Waals surface area contributed by atoms with E-state index in [1.807, 2.05) is 12.3 Å². The minimum atomic E-state index is 0.608. The molecule has 0 aliphatic carbocycles. The predicted octanol–water partition coefficient (Wildman–Crippen LogP) is 18.5. The molecule has 10 nitrogen and oxygen atoms in total. The van der Waals surface area contributed by atoms with Gasteiger partial charge in [0.05, 0.1) is 70.3 Å². The lowest BCUT2D eigenvalue weighted by Gasteiger charge is -2.10. The molecule has 0 aliphatic heterocycles. The molecular weight excluding hydrogens is 1070 g/mol. The van der Waals surface area contributed by atoms with E-state index in [9.17, 15) is 0 Å². The molecule has 0 unspecified atom stereocenters. The van der Waals surface area contributed by atoms with Crippen molar-refractivity contribution in [2.75, 3.05) is 0 Å². The molecule has 0 aliphatic rings. The Morgan fingerprint density at radius 3 is 1.55 bits per heavy atom. The number of aromatic nitrogens is 10. The standard InChI is InChI=1S/C72H40N10S2/c1-2-14-44(15-3-1)79-58-24-12-7-19-49(58)64-61(79)33-30-48-45-16-4-11-23-57(45)82(67(48)64)71-69-66(75-40-77-71)51-29-26-42(38-63(51)84-69)41-27-31-60-52(36-41)47-18-6-10-22-56(47)81(60)72-73-35-34-54(78-72)43-28-32-59-53(37-43)46-17-5-9-21-55(46)80(59)70-68-65(74-39-76-70)50-20-8-13-25-62(50)83-68/h1-40H. The van der Waals surface area contributed by atoms with Crippen molar-refractivity contribution in [1.82, 2.24) is 48.2 Å². The Kier molecular flexibility index (Phi) is 9.43. The minimum absolute atomic E-state index is 0.608. The summed E-state index contributed by atoms with van der Waals surface area (Å²) in [5.41, 5.74) is 15.9. The van der Waals surface area contributed by atoms with E-state index in [-0.39, 0.29) is 0 Å². The van der Waals surface area contributed by atoms with E-state index >= 15 is 0 Å². The molecule has 9 heterocycles. The molecule has 0 amide bonds. The summed E-state index contributed by atoms with van der Waals surface area (Å²) in [6.07, 6.45) is 5.30. The third-order valence-electron chi connectivity index (χ3n) is 17.1. The van der Waals surface area contributed by atoms with Crippen molar-refractivity contribution < 1.29 is 0 Å². The third-order valence-corrected chi connectivity index (χ3v) is 19.4. The van der Waals surface area contributed by atoms with Crippen LogP contribution in [0, 0.1) is 0 Å². The quantitative estimate of drug-likeness (QED) is 0.165. The number of para-hydroxylation sites is 5. The van der Waals surface area contributed by atoms with Crippen molar-refractivity contribution in [2.24, 2.45) is 0 Å². The molecule has 0 radical (unpaired) electrons. The summed E-state index contributed by atoms with van der Waals surface area (Å²) >= 11 is 3.49. The van der Waals surface area contributed by atoms with Crippen LogP contribution in [0.4, 0.5) is 0 Å². The van der Waals surface area contributed by atoms with Gasteiger partial charge in [0.1, 0.15) is 12.7 Å². The van der Waals surface area contributed by atoms with E-state index in [1.54, 1.807) is 35.3 Å². The topological polar surface area (TPSA) is 97.1 Å². The zero-order valence-corrected chi connectivity index (χ0v) is 46.0. The van der Waals surface area contributed by atoms with Crippen molar-refractivity contribution >= 4 is 151 Å². The molecular formula is C72H40N10S2. The van der Waals surface area contributed by atoms with Crippen LogP contribution >= 0.6 is 22.7 Å². The van der Waals surface area contributed by atoms with Crippen LogP contribution < -0.4 is 0 Å². The Morgan fingerprint density at radius 2 is 0.810 bits per heavy atom. The van der Waals surface area contributed by atoms with E-state index in [2.05, 4.69) is 237 Å². The number of rotatable bonds is 6. The maximum absolute atomic E-state index is 5.35. The molecule has 0 atom stereocenters. The molecule has 0 N–H and O–H groups in total. The maximum atomic E-state index is 5.35. The second-order valence-corrected chi connectivity index (χ2v) is 23.6. The number of hydrogen-bond acceptors (Lipinski definition) is 8. The maximum Gasteiger partial charge on any atom is 0.235 e. The van der Waals surface area contributed by atoms with E-state index in [4.69, 9.17) is 29.9 Å². The lowest BCUT2D eigenvalue weighted by Crippen LogP contribution is -2.01. The molecule has 19 aromatic rings. The monoisotopic (exact) mass is 1110 g/mol. The third kappa shape index (κ3) is 6.37. The Labute approximate surface area is 484 Å². The van der Waals surface area contributed by atoms with Gasteiger partial charge in [0.15, 0.2) is 11.6 Å². The summed E-state index contributed by atoms with van der Waals surface area (Å²) in [6, 6.07) is 80.5. The fourth-order valence-corrected chi connectivity index (χ4v) is 15.8. The summed E-state index contributed by atoms with van der Waals surface area (Å²) in [7, 11) is 0. The number of fused-ring (bicyclic) bond motifs is 19. The molecule has 0 saturated carbocycles. The second kappa shape index (κ2) is 17.3. The molecule has 0 bridgehead atoms. The van der Waals surface area contributed by atoms with Crippen molar-refractivity contribution in [3.8, 4) is 45.7 Å². The first-order chi connectivity index (χ1) is 41.7.